The highest BCUT2D eigenvalue weighted by atomic mass is 16.9. The van der Waals surface area contributed by atoms with E-state index in [2.05, 4.69) is 19.2 Å². The van der Waals surface area contributed by atoms with Gasteiger partial charge in [-0.25, -0.2) is 4.79 Å². The van der Waals surface area contributed by atoms with E-state index in [1.165, 1.54) is 0 Å². The molecule has 0 bridgehead atoms. The smallest absolute Gasteiger partial charge is 0.412 e. The molecule has 2 fully saturated rings. The van der Waals surface area contributed by atoms with Crippen LogP contribution in [0.25, 0.3) is 0 Å². The highest BCUT2D eigenvalue weighted by Crippen LogP contribution is 2.46. The molecule has 2 aliphatic rings. The molecule has 2 heterocycles. The van der Waals surface area contributed by atoms with E-state index in [0.29, 0.717) is 38.0 Å². The average Bonchev–Trinajstić information content (AvgIpc) is 3.12. The number of amides is 1. The molecule has 3 unspecified atom stereocenters. The van der Waals surface area contributed by atoms with E-state index in [1.54, 1.807) is 12.1 Å². The summed E-state index contributed by atoms with van der Waals surface area (Å²) >= 11 is 0. The lowest BCUT2D eigenvalue weighted by Gasteiger charge is -2.32. The number of para-hydroxylation sites is 1. The number of benzene rings is 1. The number of carbonyl (C=O) groups excluding carboxylic acids is 1. The summed E-state index contributed by atoms with van der Waals surface area (Å²) < 4.78 is 29.0. The molecule has 7 heteroatoms. The van der Waals surface area contributed by atoms with Crippen LogP contribution < -0.4 is 5.32 Å². The van der Waals surface area contributed by atoms with Gasteiger partial charge in [-0.05, 0) is 18.1 Å². The lowest BCUT2D eigenvalue weighted by molar-refractivity contribution is -0.345. The molecule has 3 atom stereocenters. The quantitative estimate of drug-likeness (QED) is 0.816. The fourth-order valence-electron chi connectivity index (χ4n) is 3.16. The van der Waals surface area contributed by atoms with E-state index in [4.69, 9.17) is 23.7 Å². The van der Waals surface area contributed by atoms with E-state index >= 15 is 0 Å². The molecule has 0 radical (unpaired) electrons. The Bertz CT molecular complexity index is 635. The maximum absolute atomic E-state index is 12.4. The van der Waals surface area contributed by atoms with Gasteiger partial charge in [0.2, 0.25) is 0 Å². The van der Waals surface area contributed by atoms with Crippen molar-refractivity contribution in [1.82, 2.24) is 0 Å². The summed E-state index contributed by atoms with van der Waals surface area (Å²) in [6.07, 6.45) is -1.54. The minimum atomic E-state index is -1.39. The second-order valence-corrected chi connectivity index (χ2v) is 8.14. The van der Waals surface area contributed by atoms with E-state index in [1.807, 2.05) is 32.0 Å². The molecule has 1 aromatic carbocycles. The van der Waals surface area contributed by atoms with Gasteiger partial charge >= 0.3 is 12.1 Å². The van der Waals surface area contributed by atoms with Gasteiger partial charge in [-0.1, -0.05) is 45.9 Å². The van der Waals surface area contributed by atoms with E-state index in [-0.39, 0.29) is 6.10 Å². The Labute approximate surface area is 160 Å². The summed E-state index contributed by atoms with van der Waals surface area (Å²) in [4.78, 5) is 12.4. The summed E-state index contributed by atoms with van der Waals surface area (Å²) in [5, 5.41) is 2.72. The molecule has 0 aromatic heterocycles. The topological polar surface area (TPSA) is 75.2 Å². The molecular formula is C20H29NO6. The predicted octanol–water partition coefficient (Wildman–Crippen LogP) is 3.40. The second-order valence-electron chi connectivity index (χ2n) is 8.14. The van der Waals surface area contributed by atoms with Gasteiger partial charge in [0.05, 0.1) is 19.8 Å². The van der Waals surface area contributed by atoms with Crippen LogP contribution in [0.4, 0.5) is 10.5 Å². The van der Waals surface area contributed by atoms with Crippen LogP contribution in [0.3, 0.4) is 0 Å². The summed E-state index contributed by atoms with van der Waals surface area (Å²) in [6.45, 7) is 9.83. The second kappa shape index (κ2) is 8.14. The Morgan fingerprint density at radius 3 is 2.70 bits per heavy atom. The molecule has 1 spiro atoms. The van der Waals surface area contributed by atoms with Crippen LogP contribution in [0, 0.1) is 11.3 Å². The zero-order valence-electron chi connectivity index (χ0n) is 16.4. The minimum Gasteiger partial charge on any atom is -0.437 e. The maximum atomic E-state index is 12.4. The van der Waals surface area contributed by atoms with Gasteiger partial charge in [-0.3, -0.25) is 5.32 Å². The molecule has 2 aliphatic heterocycles. The SMILES string of the molecule is CC(C)COCC1COC2(OCC(C)(C)C2OC(=O)Nc2ccccc2)O1. The van der Waals surface area contributed by atoms with Gasteiger partial charge in [0, 0.05) is 17.7 Å². The first kappa shape index (κ1) is 20.1. The first-order valence-corrected chi connectivity index (χ1v) is 9.37. The number of ether oxygens (including phenoxy) is 5. The van der Waals surface area contributed by atoms with Gasteiger partial charge in [-0.15, -0.1) is 0 Å². The number of anilines is 1. The predicted molar refractivity (Wildman–Crippen MR) is 99.3 cm³/mol. The molecule has 1 aromatic rings. The van der Waals surface area contributed by atoms with Crippen LogP contribution in [0.2, 0.25) is 0 Å². The number of hydrogen-bond acceptors (Lipinski definition) is 6. The molecule has 0 saturated carbocycles. The molecule has 7 nitrogen and oxygen atoms in total. The summed E-state index contributed by atoms with van der Waals surface area (Å²) in [5.74, 6) is -0.940. The molecule has 150 valence electrons. The van der Waals surface area contributed by atoms with Crippen molar-refractivity contribution in [3.63, 3.8) is 0 Å². The fraction of sp³-hybridized carbons (Fsp3) is 0.650. The molecule has 2 saturated heterocycles. The van der Waals surface area contributed by atoms with Crippen molar-refractivity contribution in [1.29, 1.82) is 0 Å². The van der Waals surface area contributed by atoms with E-state index < -0.39 is 23.6 Å². The van der Waals surface area contributed by atoms with Crippen molar-refractivity contribution in [2.75, 3.05) is 31.7 Å². The van der Waals surface area contributed by atoms with Crippen molar-refractivity contribution < 1.29 is 28.5 Å². The van der Waals surface area contributed by atoms with Gasteiger partial charge in [0.25, 0.3) is 0 Å². The molecule has 1 N–H and O–H groups in total. The molecule has 0 aliphatic carbocycles. The normalized spacial score (nSPS) is 29.4. The van der Waals surface area contributed by atoms with Crippen LogP contribution in [-0.2, 0) is 23.7 Å². The zero-order chi connectivity index (χ0) is 19.5. The van der Waals surface area contributed by atoms with Gasteiger partial charge < -0.3 is 23.7 Å². The largest absolute Gasteiger partial charge is 0.437 e. The standard InChI is InChI=1S/C20H29NO6/c1-14(2)10-23-11-16-12-24-20(27-16)17(19(3,4)13-25-20)26-18(22)21-15-8-6-5-7-9-15/h5-9,14,16-17H,10-13H2,1-4H3,(H,21,22). The zero-order valence-corrected chi connectivity index (χ0v) is 16.4. The van der Waals surface area contributed by atoms with Gasteiger partial charge in [0.1, 0.15) is 6.10 Å². The molecule has 3 rings (SSSR count). The van der Waals surface area contributed by atoms with Crippen molar-refractivity contribution in [2.24, 2.45) is 11.3 Å². The van der Waals surface area contributed by atoms with Crippen molar-refractivity contribution in [2.45, 2.75) is 45.9 Å². The first-order valence-electron chi connectivity index (χ1n) is 9.37. The third-order valence-electron chi connectivity index (χ3n) is 4.48. The van der Waals surface area contributed by atoms with Crippen LogP contribution in [0.15, 0.2) is 30.3 Å². The van der Waals surface area contributed by atoms with E-state index in [9.17, 15) is 4.79 Å². The third kappa shape index (κ3) is 4.79. The highest BCUT2D eigenvalue weighted by molar-refractivity contribution is 5.84. The van der Waals surface area contributed by atoms with Gasteiger partial charge in [0.15, 0.2) is 6.10 Å². The Morgan fingerprint density at radius 2 is 2.00 bits per heavy atom. The van der Waals surface area contributed by atoms with Crippen LogP contribution in [0.1, 0.15) is 27.7 Å². The number of hydrogen-bond donors (Lipinski definition) is 1. The Balaban J connectivity index is 1.62. The summed E-state index contributed by atoms with van der Waals surface area (Å²) in [5.41, 5.74) is 0.198. The third-order valence-corrected chi connectivity index (χ3v) is 4.48. The minimum absolute atomic E-state index is 0.263. The molecular weight excluding hydrogens is 350 g/mol. The lowest BCUT2D eigenvalue weighted by Crippen LogP contribution is -2.49. The summed E-state index contributed by atoms with van der Waals surface area (Å²) in [6, 6.07) is 9.13. The van der Waals surface area contributed by atoms with E-state index in [0.717, 1.165) is 0 Å². The van der Waals surface area contributed by atoms with Crippen molar-refractivity contribution in [3.05, 3.63) is 30.3 Å². The van der Waals surface area contributed by atoms with Crippen LogP contribution >= 0.6 is 0 Å². The Kier molecular flexibility index (Phi) is 6.05. The lowest BCUT2D eigenvalue weighted by atomic mass is 9.88. The highest BCUT2D eigenvalue weighted by Gasteiger charge is 2.63. The Hall–Kier alpha value is -1.67. The maximum Gasteiger partial charge on any atom is 0.412 e. The van der Waals surface area contributed by atoms with Crippen molar-refractivity contribution >= 4 is 11.8 Å². The Morgan fingerprint density at radius 1 is 1.26 bits per heavy atom. The average molecular weight is 379 g/mol. The monoisotopic (exact) mass is 379 g/mol. The molecule has 27 heavy (non-hydrogen) atoms. The fourth-order valence-corrected chi connectivity index (χ4v) is 3.16. The molecule has 1 amide bonds. The van der Waals surface area contributed by atoms with Crippen LogP contribution in [0.5, 0.6) is 0 Å². The number of carbonyl (C=O) groups is 1. The van der Waals surface area contributed by atoms with Crippen LogP contribution in [-0.4, -0.2) is 50.7 Å². The number of nitrogens with one attached hydrogen (secondary N) is 1. The summed E-state index contributed by atoms with van der Waals surface area (Å²) in [7, 11) is 0. The van der Waals surface area contributed by atoms with Gasteiger partial charge in [-0.2, -0.15) is 0 Å². The number of rotatable bonds is 6. The first-order chi connectivity index (χ1) is 12.8. The van der Waals surface area contributed by atoms with Crippen molar-refractivity contribution in [3.8, 4) is 0 Å².